The van der Waals surface area contributed by atoms with Gasteiger partial charge in [-0.05, 0) is 42.3 Å². The highest BCUT2D eigenvalue weighted by molar-refractivity contribution is 7.09. The summed E-state index contributed by atoms with van der Waals surface area (Å²) in [5.74, 6) is -0.388. The number of hydrogen-bond acceptors (Lipinski definition) is 2. The first-order chi connectivity index (χ1) is 12.2. The van der Waals surface area contributed by atoms with Gasteiger partial charge in [0.1, 0.15) is 5.82 Å². The Kier molecular flexibility index (Phi) is 4.92. The molecular weight excluding hydrogens is 347 g/mol. The predicted molar refractivity (Wildman–Crippen MR) is 104 cm³/mol. The van der Waals surface area contributed by atoms with E-state index < -0.39 is 5.41 Å². The minimum Gasteiger partial charge on any atom is -0.292 e. The molecule has 1 heterocycles. The van der Waals surface area contributed by atoms with Crippen LogP contribution in [0.15, 0.2) is 59.7 Å². The molecule has 0 aliphatic carbocycles. The number of rotatable bonds is 2. The third-order valence-corrected chi connectivity index (χ3v) is 4.83. The van der Waals surface area contributed by atoms with Crippen LogP contribution >= 0.6 is 11.3 Å². The van der Waals surface area contributed by atoms with Crippen molar-refractivity contribution in [3.05, 3.63) is 70.2 Å². The van der Waals surface area contributed by atoms with E-state index in [4.69, 9.17) is 0 Å². The van der Waals surface area contributed by atoms with Crippen LogP contribution in [0.4, 0.5) is 4.39 Å². The van der Waals surface area contributed by atoms with Crippen molar-refractivity contribution >= 4 is 17.2 Å². The van der Waals surface area contributed by atoms with Crippen molar-refractivity contribution in [2.45, 2.75) is 27.7 Å². The molecule has 0 bridgehead atoms. The molecule has 0 N–H and O–H groups in total. The number of nitrogens with zero attached hydrogens (tertiary/aromatic N) is 2. The average Bonchev–Trinajstić information content (AvgIpc) is 2.95. The number of carbonyl (C=O) groups excluding carboxylic acids is 1. The summed E-state index contributed by atoms with van der Waals surface area (Å²) in [7, 11) is 0. The highest BCUT2D eigenvalue weighted by atomic mass is 32.1. The Hall–Kier alpha value is -2.53. The number of hydrogen-bond donors (Lipinski definition) is 0. The molecule has 3 rings (SSSR count). The summed E-state index contributed by atoms with van der Waals surface area (Å²) in [5.41, 5.74) is 2.38. The third kappa shape index (κ3) is 3.99. The van der Waals surface area contributed by atoms with Crippen LogP contribution in [0.2, 0.25) is 0 Å². The van der Waals surface area contributed by atoms with Crippen LogP contribution in [0, 0.1) is 18.2 Å². The Morgan fingerprint density at radius 1 is 1.00 bits per heavy atom. The zero-order valence-corrected chi connectivity index (χ0v) is 16.1. The zero-order valence-electron chi connectivity index (χ0n) is 15.3. The number of thiazole rings is 1. The highest BCUT2D eigenvalue weighted by Gasteiger charge is 2.21. The van der Waals surface area contributed by atoms with Crippen molar-refractivity contribution in [1.82, 2.24) is 4.57 Å². The van der Waals surface area contributed by atoms with Gasteiger partial charge < -0.3 is 0 Å². The average molecular weight is 368 g/mol. The van der Waals surface area contributed by atoms with Gasteiger partial charge in [0.2, 0.25) is 0 Å². The minimum absolute atomic E-state index is 0.143. The second-order valence-electron chi connectivity index (χ2n) is 7.22. The van der Waals surface area contributed by atoms with Crippen molar-refractivity contribution in [3.63, 3.8) is 0 Å². The summed E-state index contributed by atoms with van der Waals surface area (Å²) in [6, 6.07) is 14.3. The van der Waals surface area contributed by atoms with Crippen LogP contribution in [0.5, 0.6) is 0 Å². The van der Waals surface area contributed by atoms with E-state index in [1.54, 1.807) is 12.1 Å². The molecule has 1 aromatic heterocycles. The first-order valence-corrected chi connectivity index (χ1v) is 9.20. The van der Waals surface area contributed by atoms with E-state index in [0.29, 0.717) is 4.80 Å². The Bertz CT molecular complexity index is 990. The number of carbonyl (C=O) groups is 1. The van der Waals surface area contributed by atoms with E-state index >= 15 is 0 Å². The predicted octanol–water partition coefficient (Wildman–Crippen LogP) is 5.13. The maximum Gasteiger partial charge on any atom is 0.253 e. The fourth-order valence-electron chi connectivity index (χ4n) is 2.43. The molecule has 134 valence electrons. The lowest BCUT2D eigenvalue weighted by molar-refractivity contribution is -0.125. The van der Waals surface area contributed by atoms with Crippen molar-refractivity contribution in [1.29, 1.82) is 0 Å². The van der Waals surface area contributed by atoms with Crippen molar-refractivity contribution in [2.75, 3.05) is 0 Å². The smallest absolute Gasteiger partial charge is 0.253 e. The maximum absolute atomic E-state index is 13.1. The topological polar surface area (TPSA) is 34.4 Å². The van der Waals surface area contributed by atoms with Gasteiger partial charge in [-0.25, -0.2) is 4.39 Å². The van der Waals surface area contributed by atoms with E-state index in [-0.39, 0.29) is 11.7 Å². The SMILES string of the molecule is Cc1cn(-c2ccc(-c3ccc(F)cc3)cc2)/c(=N/C(=O)C(C)(C)C)s1. The van der Waals surface area contributed by atoms with Crippen LogP contribution in [0.1, 0.15) is 25.6 Å². The molecule has 1 amide bonds. The van der Waals surface area contributed by atoms with Crippen LogP contribution in [-0.4, -0.2) is 10.5 Å². The molecule has 0 unspecified atom stereocenters. The van der Waals surface area contributed by atoms with Crippen LogP contribution in [0.3, 0.4) is 0 Å². The first kappa shape index (κ1) is 18.3. The largest absolute Gasteiger partial charge is 0.292 e. The van der Waals surface area contributed by atoms with Gasteiger partial charge in [-0.15, -0.1) is 11.3 Å². The molecule has 0 atom stereocenters. The third-order valence-electron chi connectivity index (χ3n) is 3.93. The summed E-state index contributed by atoms with van der Waals surface area (Å²) in [6.07, 6.45) is 1.98. The van der Waals surface area contributed by atoms with Crippen molar-refractivity contribution in [3.8, 4) is 16.8 Å². The maximum atomic E-state index is 13.1. The molecule has 0 aliphatic heterocycles. The highest BCUT2D eigenvalue weighted by Crippen LogP contribution is 2.22. The van der Waals surface area contributed by atoms with Gasteiger partial charge in [0.25, 0.3) is 5.91 Å². The lowest BCUT2D eigenvalue weighted by atomic mass is 9.96. The van der Waals surface area contributed by atoms with Gasteiger partial charge in [-0.2, -0.15) is 4.99 Å². The Labute approximate surface area is 156 Å². The first-order valence-electron chi connectivity index (χ1n) is 8.39. The molecule has 26 heavy (non-hydrogen) atoms. The molecule has 0 saturated carbocycles. The summed E-state index contributed by atoms with van der Waals surface area (Å²) in [4.78, 5) is 18.3. The van der Waals surface area contributed by atoms with Gasteiger partial charge in [-0.3, -0.25) is 9.36 Å². The number of aromatic nitrogens is 1. The minimum atomic E-state index is -0.512. The van der Waals surface area contributed by atoms with Gasteiger partial charge in [-0.1, -0.05) is 45.0 Å². The fraction of sp³-hybridized carbons (Fsp3) is 0.238. The van der Waals surface area contributed by atoms with Gasteiger partial charge in [0.05, 0.1) is 0 Å². The normalized spacial score (nSPS) is 12.4. The summed E-state index contributed by atoms with van der Waals surface area (Å²) >= 11 is 1.49. The number of aryl methyl sites for hydroxylation is 1. The molecule has 0 spiro atoms. The molecule has 3 aromatic rings. The van der Waals surface area contributed by atoms with Gasteiger partial charge in [0, 0.05) is 22.2 Å². The summed E-state index contributed by atoms with van der Waals surface area (Å²) in [5, 5.41) is 0. The fourth-order valence-corrected chi connectivity index (χ4v) is 3.26. The van der Waals surface area contributed by atoms with E-state index in [1.807, 2.05) is 62.7 Å². The molecule has 0 aliphatic rings. The van der Waals surface area contributed by atoms with E-state index in [2.05, 4.69) is 4.99 Å². The molecule has 0 fully saturated rings. The van der Waals surface area contributed by atoms with Crippen LogP contribution < -0.4 is 4.80 Å². The standard InChI is InChI=1S/C21H21FN2OS/c1-14-13-24(20(26-14)23-19(25)21(2,3)4)18-11-7-16(8-12-18)15-5-9-17(22)10-6-15/h5-13H,1-4H3/b23-20-. The Morgan fingerprint density at radius 3 is 2.08 bits per heavy atom. The van der Waals surface area contributed by atoms with E-state index in [1.165, 1.54) is 23.5 Å². The van der Waals surface area contributed by atoms with Crippen LogP contribution in [-0.2, 0) is 4.79 Å². The summed E-state index contributed by atoms with van der Waals surface area (Å²) in [6.45, 7) is 7.58. The molecule has 5 heteroatoms. The quantitative estimate of drug-likeness (QED) is 0.618. The second kappa shape index (κ2) is 7.00. The Balaban J connectivity index is 1.99. The summed E-state index contributed by atoms with van der Waals surface area (Å²) < 4.78 is 15.0. The van der Waals surface area contributed by atoms with Gasteiger partial charge >= 0.3 is 0 Å². The van der Waals surface area contributed by atoms with Crippen molar-refractivity contribution < 1.29 is 9.18 Å². The number of benzene rings is 2. The molecular formula is C21H21FN2OS. The molecule has 3 nitrogen and oxygen atoms in total. The number of amides is 1. The molecule has 0 radical (unpaired) electrons. The van der Waals surface area contributed by atoms with Crippen molar-refractivity contribution in [2.24, 2.45) is 10.4 Å². The lowest BCUT2D eigenvalue weighted by Crippen LogP contribution is -2.22. The van der Waals surface area contributed by atoms with Crippen LogP contribution in [0.25, 0.3) is 16.8 Å². The Morgan fingerprint density at radius 2 is 1.54 bits per heavy atom. The zero-order chi connectivity index (χ0) is 18.9. The molecule has 0 saturated heterocycles. The van der Waals surface area contributed by atoms with E-state index in [0.717, 1.165) is 21.7 Å². The van der Waals surface area contributed by atoms with Gasteiger partial charge in [0.15, 0.2) is 4.80 Å². The second-order valence-corrected chi connectivity index (χ2v) is 8.43. The molecule has 2 aromatic carbocycles. The lowest BCUT2D eigenvalue weighted by Gasteiger charge is -2.12. The van der Waals surface area contributed by atoms with E-state index in [9.17, 15) is 9.18 Å². The number of halogens is 1. The monoisotopic (exact) mass is 368 g/mol.